The predicted molar refractivity (Wildman–Crippen MR) is 85.9 cm³/mol. The molecule has 0 aromatic heterocycles. The van der Waals surface area contributed by atoms with Gasteiger partial charge in [0.2, 0.25) is 6.79 Å². The van der Waals surface area contributed by atoms with Gasteiger partial charge in [0.05, 0.1) is 6.54 Å². The lowest BCUT2D eigenvalue weighted by atomic mass is 9.95. The van der Waals surface area contributed by atoms with Crippen molar-refractivity contribution in [3.8, 4) is 11.5 Å². The lowest BCUT2D eigenvalue weighted by Gasteiger charge is -2.24. The van der Waals surface area contributed by atoms with E-state index < -0.39 is 5.60 Å². The van der Waals surface area contributed by atoms with E-state index in [1.54, 1.807) is 49.4 Å². The van der Waals surface area contributed by atoms with Crippen LogP contribution in [0, 0.1) is 0 Å². The molecular weight excluding hydrogens is 318 g/mol. The van der Waals surface area contributed by atoms with Crippen molar-refractivity contribution in [3.05, 3.63) is 58.6 Å². The van der Waals surface area contributed by atoms with Crippen molar-refractivity contribution >= 4 is 17.5 Å². The molecule has 1 atom stereocenters. The maximum atomic E-state index is 12.1. The Labute approximate surface area is 138 Å². The van der Waals surface area contributed by atoms with E-state index in [0.717, 1.165) is 0 Å². The third kappa shape index (κ3) is 3.41. The van der Waals surface area contributed by atoms with E-state index in [1.807, 2.05) is 0 Å². The molecule has 1 unspecified atom stereocenters. The number of carbonyl (C=O) groups is 1. The van der Waals surface area contributed by atoms with Crippen LogP contribution in [0.15, 0.2) is 42.5 Å². The number of amides is 1. The fraction of sp³-hybridized carbons (Fsp3) is 0.235. The van der Waals surface area contributed by atoms with Crippen LogP contribution < -0.4 is 14.8 Å². The van der Waals surface area contributed by atoms with Gasteiger partial charge in [0.25, 0.3) is 5.91 Å². The minimum atomic E-state index is -1.24. The molecule has 1 heterocycles. The summed E-state index contributed by atoms with van der Waals surface area (Å²) in [7, 11) is 0. The largest absolute Gasteiger partial charge is 0.454 e. The number of carbonyl (C=O) groups excluding carboxylic acids is 1. The van der Waals surface area contributed by atoms with E-state index >= 15 is 0 Å². The van der Waals surface area contributed by atoms with Crippen molar-refractivity contribution in [1.82, 2.24) is 5.32 Å². The molecule has 2 N–H and O–H groups in total. The first-order valence-electron chi connectivity index (χ1n) is 7.12. The van der Waals surface area contributed by atoms with Crippen molar-refractivity contribution in [2.24, 2.45) is 0 Å². The van der Waals surface area contributed by atoms with Crippen LogP contribution in [0.4, 0.5) is 0 Å². The molecule has 0 saturated heterocycles. The number of ether oxygens (including phenoxy) is 2. The average Bonchev–Trinajstić information content (AvgIpc) is 3.00. The molecule has 23 heavy (non-hydrogen) atoms. The summed E-state index contributed by atoms with van der Waals surface area (Å²) in [6, 6.07) is 11.8. The number of halogens is 1. The summed E-state index contributed by atoms with van der Waals surface area (Å²) >= 11 is 5.87. The van der Waals surface area contributed by atoms with Crippen molar-refractivity contribution in [2.75, 3.05) is 13.3 Å². The summed E-state index contributed by atoms with van der Waals surface area (Å²) in [4.78, 5) is 12.1. The van der Waals surface area contributed by atoms with Crippen molar-refractivity contribution < 1.29 is 19.4 Å². The fourth-order valence-electron chi connectivity index (χ4n) is 2.32. The van der Waals surface area contributed by atoms with Crippen LogP contribution in [0.3, 0.4) is 0 Å². The van der Waals surface area contributed by atoms with Crippen LogP contribution >= 0.6 is 11.6 Å². The molecule has 6 heteroatoms. The van der Waals surface area contributed by atoms with Gasteiger partial charge >= 0.3 is 0 Å². The highest BCUT2D eigenvalue weighted by molar-refractivity contribution is 6.30. The molecule has 5 nitrogen and oxygen atoms in total. The van der Waals surface area contributed by atoms with Crippen LogP contribution in [0.1, 0.15) is 22.8 Å². The number of aliphatic hydroxyl groups is 1. The molecule has 0 bridgehead atoms. The summed E-state index contributed by atoms with van der Waals surface area (Å²) in [5.74, 6) is 0.935. The zero-order valence-corrected chi connectivity index (χ0v) is 13.3. The maximum Gasteiger partial charge on any atom is 0.251 e. The molecule has 0 radical (unpaired) electrons. The summed E-state index contributed by atoms with van der Waals surface area (Å²) in [6.07, 6.45) is 0. The lowest BCUT2D eigenvalue weighted by Crippen LogP contribution is -2.38. The van der Waals surface area contributed by atoms with Gasteiger partial charge in [-0.1, -0.05) is 23.7 Å². The Hall–Kier alpha value is -2.24. The summed E-state index contributed by atoms with van der Waals surface area (Å²) < 4.78 is 10.6. The molecule has 120 valence electrons. The fourth-order valence-corrected chi connectivity index (χ4v) is 2.51. The first-order chi connectivity index (χ1) is 11.0. The van der Waals surface area contributed by atoms with Crippen molar-refractivity contribution in [3.63, 3.8) is 0 Å². The maximum absolute atomic E-state index is 12.1. The van der Waals surface area contributed by atoms with Crippen LogP contribution in [-0.4, -0.2) is 24.4 Å². The van der Waals surface area contributed by atoms with Gasteiger partial charge in [-0.25, -0.2) is 0 Å². The molecule has 0 aliphatic carbocycles. The summed E-state index contributed by atoms with van der Waals surface area (Å²) in [5, 5.41) is 13.8. The zero-order chi connectivity index (χ0) is 16.4. The van der Waals surface area contributed by atoms with Gasteiger partial charge < -0.3 is 19.9 Å². The Balaban J connectivity index is 1.70. The van der Waals surface area contributed by atoms with Gasteiger partial charge in [0, 0.05) is 10.6 Å². The van der Waals surface area contributed by atoms with E-state index in [0.29, 0.717) is 27.6 Å². The van der Waals surface area contributed by atoms with E-state index in [9.17, 15) is 9.90 Å². The molecule has 2 aromatic rings. The number of rotatable bonds is 4. The van der Waals surface area contributed by atoms with Gasteiger partial charge in [-0.05, 0) is 42.8 Å². The van der Waals surface area contributed by atoms with E-state index in [4.69, 9.17) is 21.1 Å². The molecule has 0 spiro atoms. The lowest BCUT2D eigenvalue weighted by molar-refractivity contribution is 0.0525. The Bertz CT molecular complexity index is 745. The molecule has 3 rings (SSSR count). The standard InChI is InChI=1S/C17H16ClNO4/c1-17(21,12-5-6-14-15(8-12)23-10-22-14)9-19-16(20)11-3-2-4-13(18)7-11/h2-8,21H,9-10H2,1H3,(H,19,20). The van der Waals surface area contributed by atoms with Gasteiger partial charge in [0.1, 0.15) is 5.60 Å². The van der Waals surface area contributed by atoms with Gasteiger partial charge in [-0.2, -0.15) is 0 Å². The number of fused-ring (bicyclic) bond motifs is 1. The first-order valence-corrected chi connectivity index (χ1v) is 7.50. The summed E-state index contributed by atoms with van der Waals surface area (Å²) in [5.41, 5.74) is -0.165. The quantitative estimate of drug-likeness (QED) is 0.902. The normalized spacial score (nSPS) is 15.1. The number of hydrogen-bond acceptors (Lipinski definition) is 4. The smallest absolute Gasteiger partial charge is 0.251 e. The zero-order valence-electron chi connectivity index (χ0n) is 12.5. The van der Waals surface area contributed by atoms with Crippen LogP contribution in [0.5, 0.6) is 11.5 Å². The number of hydrogen-bond donors (Lipinski definition) is 2. The predicted octanol–water partition coefficient (Wildman–Crippen LogP) is 2.71. The highest BCUT2D eigenvalue weighted by Crippen LogP contribution is 2.35. The van der Waals surface area contributed by atoms with Crippen molar-refractivity contribution in [2.45, 2.75) is 12.5 Å². The minimum absolute atomic E-state index is 0.0536. The van der Waals surface area contributed by atoms with E-state index in [-0.39, 0.29) is 19.2 Å². The van der Waals surface area contributed by atoms with Crippen molar-refractivity contribution in [1.29, 1.82) is 0 Å². The Morgan fingerprint density at radius 2 is 2.04 bits per heavy atom. The Morgan fingerprint density at radius 1 is 1.26 bits per heavy atom. The monoisotopic (exact) mass is 333 g/mol. The molecule has 0 saturated carbocycles. The van der Waals surface area contributed by atoms with Gasteiger partial charge in [-0.15, -0.1) is 0 Å². The van der Waals surface area contributed by atoms with Crippen LogP contribution in [0.2, 0.25) is 5.02 Å². The second-order valence-electron chi connectivity index (χ2n) is 5.53. The Kier molecular flexibility index (Phi) is 4.15. The third-order valence-corrected chi connectivity index (χ3v) is 3.91. The minimum Gasteiger partial charge on any atom is -0.454 e. The second-order valence-corrected chi connectivity index (χ2v) is 5.97. The number of nitrogens with one attached hydrogen (secondary N) is 1. The SMILES string of the molecule is CC(O)(CNC(=O)c1cccc(Cl)c1)c1ccc2c(c1)OCO2. The molecule has 1 aliphatic rings. The van der Waals surface area contributed by atoms with Crippen LogP contribution in [0.25, 0.3) is 0 Å². The first kappa shape index (κ1) is 15.6. The Morgan fingerprint density at radius 3 is 2.83 bits per heavy atom. The summed E-state index contributed by atoms with van der Waals surface area (Å²) in [6.45, 7) is 1.85. The molecular formula is C17H16ClNO4. The van der Waals surface area contributed by atoms with E-state index in [1.165, 1.54) is 0 Å². The van der Waals surface area contributed by atoms with Gasteiger partial charge in [0.15, 0.2) is 11.5 Å². The third-order valence-electron chi connectivity index (χ3n) is 3.67. The number of benzene rings is 2. The van der Waals surface area contributed by atoms with Gasteiger partial charge in [-0.3, -0.25) is 4.79 Å². The second kappa shape index (κ2) is 6.10. The molecule has 2 aromatic carbocycles. The highest BCUT2D eigenvalue weighted by atomic mass is 35.5. The topological polar surface area (TPSA) is 67.8 Å². The van der Waals surface area contributed by atoms with E-state index in [2.05, 4.69) is 5.32 Å². The molecule has 1 aliphatic heterocycles. The average molecular weight is 334 g/mol. The molecule has 1 amide bonds. The van der Waals surface area contributed by atoms with Crippen LogP contribution in [-0.2, 0) is 5.60 Å². The highest BCUT2D eigenvalue weighted by Gasteiger charge is 2.26. The molecule has 0 fully saturated rings.